The third-order valence-corrected chi connectivity index (χ3v) is 5.96. The summed E-state index contributed by atoms with van der Waals surface area (Å²) in [5.74, 6) is 0.316. The fourth-order valence-corrected chi connectivity index (χ4v) is 4.53. The molecule has 0 spiro atoms. The average molecular weight is 562 g/mol. The molecule has 6 nitrogen and oxygen atoms in total. The predicted octanol–water partition coefficient (Wildman–Crippen LogP) is 3.82. The van der Waals surface area contributed by atoms with Gasteiger partial charge in [-0.15, -0.1) is 24.0 Å². The lowest BCUT2D eigenvalue weighted by Crippen LogP contribution is -2.41. The van der Waals surface area contributed by atoms with Crippen LogP contribution in [0.1, 0.15) is 38.8 Å². The van der Waals surface area contributed by atoms with Crippen LogP contribution in [0.5, 0.6) is 0 Å². The highest BCUT2D eigenvalue weighted by atomic mass is 127. The lowest BCUT2D eigenvalue weighted by Gasteiger charge is -2.21. The van der Waals surface area contributed by atoms with Crippen molar-refractivity contribution < 1.29 is 12.8 Å². The molecule has 0 fully saturated rings. The van der Waals surface area contributed by atoms with Gasteiger partial charge in [0.2, 0.25) is 10.0 Å². The number of sulfonamides is 1. The maximum Gasteiger partial charge on any atom is 0.241 e. The van der Waals surface area contributed by atoms with Gasteiger partial charge < -0.3 is 10.6 Å². The lowest BCUT2D eigenvalue weighted by atomic mass is 10.1. The van der Waals surface area contributed by atoms with Crippen molar-refractivity contribution in [1.82, 2.24) is 15.4 Å². The van der Waals surface area contributed by atoms with E-state index in [-0.39, 0.29) is 41.2 Å². The molecule has 2 rings (SSSR count). The van der Waals surface area contributed by atoms with E-state index in [2.05, 4.69) is 20.3 Å². The molecule has 0 aliphatic rings. The first-order valence-electron chi connectivity index (χ1n) is 10.00. The summed E-state index contributed by atoms with van der Waals surface area (Å²) in [6.45, 7) is 8.68. The van der Waals surface area contributed by atoms with Crippen LogP contribution in [-0.4, -0.2) is 33.0 Å². The van der Waals surface area contributed by atoms with E-state index >= 15 is 0 Å². The fourth-order valence-electron chi connectivity index (χ4n) is 2.88. The zero-order chi connectivity index (χ0) is 22.2. The molecule has 3 N–H and O–H groups in total. The van der Waals surface area contributed by atoms with E-state index in [1.165, 1.54) is 6.07 Å². The summed E-state index contributed by atoms with van der Waals surface area (Å²) < 4.78 is 42.0. The van der Waals surface area contributed by atoms with Crippen LogP contribution in [0, 0.1) is 5.82 Å². The van der Waals surface area contributed by atoms with Crippen LogP contribution in [0.4, 0.5) is 4.39 Å². The minimum Gasteiger partial charge on any atom is -0.357 e. The molecule has 0 heterocycles. The SMILES string of the molecule is CCNC(=NCc1ccccc1S(=O)(=O)NC(C)(C)C)NCCc1ccccc1F.I. The largest absolute Gasteiger partial charge is 0.357 e. The van der Waals surface area contributed by atoms with Gasteiger partial charge >= 0.3 is 0 Å². The molecule has 0 aliphatic heterocycles. The third kappa shape index (κ3) is 9.12. The van der Waals surface area contributed by atoms with Gasteiger partial charge in [-0.1, -0.05) is 36.4 Å². The van der Waals surface area contributed by atoms with Crippen molar-refractivity contribution in [3.63, 3.8) is 0 Å². The summed E-state index contributed by atoms with van der Waals surface area (Å²) in [6.07, 6.45) is 0.511. The maximum absolute atomic E-state index is 13.8. The van der Waals surface area contributed by atoms with Crippen LogP contribution < -0.4 is 15.4 Å². The van der Waals surface area contributed by atoms with Gasteiger partial charge in [-0.05, 0) is 57.4 Å². The zero-order valence-corrected chi connectivity index (χ0v) is 21.6. The smallest absolute Gasteiger partial charge is 0.241 e. The second-order valence-corrected chi connectivity index (χ2v) is 9.58. The van der Waals surface area contributed by atoms with Crippen molar-refractivity contribution in [2.24, 2.45) is 4.99 Å². The first-order chi connectivity index (χ1) is 14.1. The van der Waals surface area contributed by atoms with Gasteiger partial charge in [-0.2, -0.15) is 0 Å². The van der Waals surface area contributed by atoms with Gasteiger partial charge in [-0.3, -0.25) is 0 Å². The predicted molar refractivity (Wildman–Crippen MR) is 135 cm³/mol. The Hall–Kier alpha value is -1.72. The topological polar surface area (TPSA) is 82.6 Å². The first kappa shape index (κ1) is 27.3. The number of hydrogen-bond acceptors (Lipinski definition) is 3. The van der Waals surface area contributed by atoms with Gasteiger partial charge in [-0.25, -0.2) is 22.5 Å². The van der Waals surface area contributed by atoms with E-state index in [1.54, 1.807) is 63.2 Å². The Morgan fingerprint density at radius 2 is 1.61 bits per heavy atom. The highest BCUT2D eigenvalue weighted by molar-refractivity contribution is 14.0. The van der Waals surface area contributed by atoms with Crippen molar-refractivity contribution >= 4 is 40.0 Å². The molecule has 2 aromatic carbocycles. The van der Waals surface area contributed by atoms with Crippen LogP contribution in [-0.2, 0) is 23.0 Å². The summed E-state index contributed by atoms with van der Waals surface area (Å²) in [7, 11) is -3.67. The minimum absolute atomic E-state index is 0. The number of benzene rings is 2. The Morgan fingerprint density at radius 1 is 1.00 bits per heavy atom. The molecule has 0 atom stereocenters. The number of nitrogens with zero attached hydrogens (tertiary/aromatic N) is 1. The van der Waals surface area contributed by atoms with Crippen molar-refractivity contribution in [3.8, 4) is 0 Å². The molecule has 0 radical (unpaired) electrons. The molecule has 0 amide bonds. The van der Waals surface area contributed by atoms with Crippen LogP contribution in [0.25, 0.3) is 0 Å². The van der Waals surface area contributed by atoms with Gasteiger partial charge in [0.1, 0.15) is 5.82 Å². The number of halogens is 2. The molecule has 0 saturated carbocycles. The van der Waals surface area contributed by atoms with E-state index in [1.807, 2.05) is 6.92 Å². The van der Waals surface area contributed by atoms with E-state index in [0.29, 0.717) is 36.6 Å². The van der Waals surface area contributed by atoms with E-state index in [4.69, 9.17) is 0 Å². The van der Waals surface area contributed by atoms with Crippen LogP contribution in [0.15, 0.2) is 58.4 Å². The van der Waals surface area contributed by atoms with E-state index in [0.717, 1.165) is 0 Å². The molecule has 0 aliphatic carbocycles. The van der Waals surface area contributed by atoms with Crippen LogP contribution in [0.3, 0.4) is 0 Å². The fraction of sp³-hybridized carbons (Fsp3) is 0.409. The standard InChI is InChI=1S/C22H31FN4O2S.HI/c1-5-24-21(25-15-14-17-10-6-8-12-19(17)23)26-16-18-11-7-9-13-20(18)30(28,29)27-22(2,3)4;/h6-13,27H,5,14-16H2,1-4H3,(H2,24,25,26);1H. The Balaban J connectivity index is 0.00000480. The van der Waals surface area contributed by atoms with Crippen LogP contribution >= 0.6 is 24.0 Å². The Kier molecular flexibility index (Phi) is 10.9. The minimum atomic E-state index is -3.67. The quantitative estimate of drug-likeness (QED) is 0.260. The normalized spacial score (nSPS) is 12.2. The number of hydrogen-bond donors (Lipinski definition) is 3. The van der Waals surface area contributed by atoms with Crippen molar-refractivity contribution in [2.45, 2.75) is 51.1 Å². The molecule has 9 heteroatoms. The molecule has 172 valence electrons. The molecule has 0 saturated heterocycles. The summed E-state index contributed by atoms with van der Waals surface area (Å²) in [6, 6.07) is 13.5. The molecule has 2 aromatic rings. The summed E-state index contributed by atoms with van der Waals surface area (Å²) in [5, 5.41) is 6.30. The molecule has 0 unspecified atom stereocenters. The van der Waals surface area contributed by atoms with Gasteiger partial charge in [0.05, 0.1) is 11.4 Å². The Morgan fingerprint density at radius 3 is 2.23 bits per heavy atom. The van der Waals surface area contributed by atoms with Gasteiger partial charge in [0.15, 0.2) is 5.96 Å². The van der Waals surface area contributed by atoms with E-state index in [9.17, 15) is 12.8 Å². The summed E-state index contributed by atoms with van der Waals surface area (Å²) >= 11 is 0. The van der Waals surface area contributed by atoms with Crippen molar-refractivity contribution in [3.05, 3.63) is 65.5 Å². The second kappa shape index (κ2) is 12.4. The zero-order valence-electron chi connectivity index (χ0n) is 18.4. The maximum atomic E-state index is 13.8. The van der Waals surface area contributed by atoms with Crippen molar-refractivity contribution in [2.75, 3.05) is 13.1 Å². The van der Waals surface area contributed by atoms with Crippen LogP contribution in [0.2, 0.25) is 0 Å². The number of guanidine groups is 1. The molecular formula is C22H32FIN4O2S. The molecule has 0 aromatic heterocycles. The molecule has 31 heavy (non-hydrogen) atoms. The number of rotatable bonds is 8. The summed E-state index contributed by atoms with van der Waals surface area (Å²) in [4.78, 5) is 4.73. The lowest BCUT2D eigenvalue weighted by molar-refractivity contribution is 0.491. The molecule has 0 bridgehead atoms. The highest BCUT2D eigenvalue weighted by Gasteiger charge is 2.24. The third-order valence-electron chi connectivity index (χ3n) is 4.10. The van der Waals surface area contributed by atoms with E-state index < -0.39 is 15.6 Å². The summed E-state index contributed by atoms with van der Waals surface area (Å²) in [5.41, 5.74) is 0.643. The Labute approximate surface area is 202 Å². The van der Waals surface area contributed by atoms with Crippen molar-refractivity contribution in [1.29, 1.82) is 0 Å². The monoisotopic (exact) mass is 562 g/mol. The van der Waals surface area contributed by atoms with Gasteiger partial charge in [0, 0.05) is 18.6 Å². The Bertz CT molecular complexity index is 975. The molecular weight excluding hydrogens is 530 g/mol. The number of nitrogens with one attached hydrogen (secondary N) is 3. The highest BCUT2D eigenvalue weighted by Crippen LogP contribution is 2.18. The number of aliphatic imine (C=N–C) groups is 1. The second-order valence-electron chi connectivity index (χ2n) is 7.93. The average Bonchev–Trinajstić information content (AvgIpc) is 2.66. The van der Waals surface area contributed by atoms with Gasteiger partial charge in [0.25, 0.3) is 0 Å². The first-order valence-corrected chi connectivity index (χ1v) is 11.5.